The van der Waals surface area contributed by atoms with Crippen molar-refractivity contribution >= 4 is 17.5 Å². The van der Waals surface area contributed by atoms with Gasteiger partial charge in [0.05, 0.1) is 66.1 Å². The maximum atomic E-state index is 15.2. The molecule has 0 aliphatic carbocycles. The minimum absolute atomic E-state index is 0.0222. The molecule has 0 radical (unpaired) electrons. The van der Waals surface area contributed by atoms with Gasteiger partial charge < -0.3 is 43.8 Å². The van der Waals surface area contributed by atoms with Gasteiger partial charge in [-0.05, 0) is 56.0 Å². The molecule has 2 rings (SSSR count). The molecule has 11 nitrogen and oxygen atoms in total. The fourth-order valence-corrected chi connectivity index (χ4v) is 4.58. The van der Waals surface area contributed by atoms with Crippen LogP contribution in [0.4, 0.5) is 10.1 Å². The molecule has 2 N–H and O–H groups in total. The standard InChI is InChI=1S/C37H55FN2O9/c1-6-9-14-43-15-16-44-17-18-45-19-20-46-21-22-47-23-24-48-33-13-10-12-30(25-33)28(4)49-35-27-31(26-34(38)36(35)39-29(5)41)37(42)40-32(8-3)11-7-2/h6,10,12-13,25-28,32H,1,7-9,11,14-24H2,2-5H3,(H,39,41)(H,40,42)/t28?,32-/m1/s1. The highest BCUT2D eigenvalue weighted by atomic mass is 19.1. The summed E-state index contributed by atoms with van der Waals surface area (Å²) in [4.78, 5) is 24.8. The predicted molar refractivity (Wildman–Crippen MR) is 187 cm³/mol. The molecule has 49 heavy (non-hydrogen) atoms. The molecule has 0 spiro atoms. The number of benzene rings is 2. The minimum atomic E-state index is -0.761. The van der Waals surface area contributed by atoms with Gasteiger partial charge in [-0.1, -0.05) is 38.5 Å². The number of hydrogen-bond donors (Lipinski definition) is 2. The van der Waals surface area contributed by atoms with Crippen molar-refractivity contribution in [3.63, 3.8) is 0 Å². The summed E-state index contributed by atoms with van der Waals surface area (Å²) in [6.45, 7) is 16.0. The largest absolute Gasteiger partial charge is 0.491 e. The van der Waals surface area contributed by atoms with E-state index in [1.165, 1.54) is 13.0 Å². The van der Waals surface area contributed by atoms with Crippen LogP contribution in [-0.4, -0.2) is 90.5 Å². The zero-order chi connectivity index (χ0) is 35.7. The van der Waals surface area contributed by atoms with E-state index in [1.807, 2.05) is 44.2 Å². The van der Waals surface area contributed by atoms with Crippen LogP contribution in [0.2, 0.25) is 0 Å². The van der Waals surface area contributed by atoms with Crippen LogP contribution < -0.4 is 20.1 Å². The van der Waals surface area contributed by atoms with Gasteiger partial charge in [0.1, 0.15) is 29.9 Å². The first-order valence-corrected chi connectivity index (χ1v) is 17.1. The lowest BCUT2D eigenvalue weighted by Gasteiger charge is -2.21. The number of anilines is 1. The van der Waals surface area contributed by atoms with Gasteiger partial charge in [-0.25, -0.2) is 4.39 Å². The first kappa shape index (κ1) is 41.6. The summed E-state index contributed by atoms with van der Waals surface area (Å²) in [5.74, 6) is -0.968. The first-order chi connectivity index (χ1) is 23.8. The Kier molecular flexibility index (Phi) is 21.6. The molecule has 0 aromatic heterocycles. The summed E-state index contributed by atoms with van der Waals surface area (Å²) in [7, 11) is 0. The van der Waals surface area contributed by atoms with Gasteiger partial charge in [0.15, 0.2) is 5.82 Å². The van der Waals surface area contributed by atoms with Gasteiger partial charge in [0, 0.05) is 18.5 Å². The molecular formula is C37H55FN2O9. The van der Waals surface area contributed by atoms with Gasteiger partial charge in [-0.2, -0.15) is 0 Å². The highest BCUT2D eigenvalue weighted by Gasteiger charge is 2.21. The molecule has 2 aromatic rings. The van der Waals surface area contributed by atoms with Crippen molar-refractivity contribution in [2.45, 2.75) is 65.5 Å². The molecule has 0 bridgehead atoms. The summed E-state index contributed by atoms with van der Waals surface area (Å²) in [5.41, 5.74) is 0.740. The molecule has 2 atom stereocenters. The molecule has 1 unspecified atom stereocenters. The van der Waals surface area contributed by atoms with E-state index in [9.17, 15) is 9.59 Å². The molecule has 0 saturated carbocycles. The predicted octanol–water partition coefficient (Wildman–Crippen LogP) is 6.27. The average Bonchev–Trinajstić information content (AvgIpc) is 3.08. The number of carbonyl (C=O) groups excluding carboxylic acids is 2. The Labute approximate surface area is 290 Å². The number of carbonyl (C=O) groups is 2. The maximum absolute atomic E-state index is 15.2. The van der Waals surface area contributed by atoms with Crippen molar-refractivity contribution in [1.29, 1.82) is 0 Å². The molecule has 0 aliphatic rings. The maximum Gasteiger partial charge on any atom is 0.251 e. The van der Waals surface area contributed by atoms with Crippen molar-refractivity contribution in [1.82, 2.24) is 5.32 Å². The molecule has 0 aliphatic heterocycles. The second kappa shape index (κ2) is 25.4. The summed E-state index contributed by atoms with van der Waals surface area (Å²) < 4.78 is 54.5. The van der Waals surface area contributed by atoms with E-state index in [0.29, 0.717) is 78.4 Å². The van der Waals surface area contributed by atoms with Crippen molar-refractivity contribution in [2.75, 3.05) is 78.0 Å². The lowest BCUT2D eigenvalue weighted by atomic mass is 10.1. The van der Waals surface area contributed by atoms with E-state index < -0.39 is 23.7 Å². The van der Waals surface area contributed by atoms with Gasteiger partial charge in [-0.3, -0.25) is 9.59 Å². The fraction of sp³-hybridized carbons (Fsp3) is 0.568. The van der Waals surface area contributed by atoms with Gasteiger partial charge in [-0.15, -0.1) is 6.58 Å². The summed E-state index contributed by atoms with van der Waals surface area (Å²) in [6, 6.07) is 9.85. The van der Waals surface area contributed by atoms with Gasteiger partial charge in [0.2, 0.25) is 5.91 Å². The van der Waals surface area contributed by atoms with Gasteiger partial charge in [0.25, 0.3) is 5.91 Å². The molecule has 274 valence electrons. The van der Waals surface area contributed by atoms with Crippen LogP contribution in [-0.2, 0) is 28.5 Å². The normalized spacial score (nSPS) is 12.3. The van der Waals surface area contributed by atoms with Crippen LogP contribution in [0.15, 0.2) is 49.1 Å². The minimum Gasteiger partial charge on any atom is -0.491 e. The zero-order valence-corrected chi connectivity index (χ0v) is 29.6. The Balaban J connectivity index is 1.75. The first-order valence-electron chi connectivity index (χ1n) is 17.1. The number of hydrogen-bond acceptors (Lipinski definition) is 9. The molecule has 0 saturated heterocycles. The Morgan fingerprint density at radius 2 is 1.45 bits per heavy atom. The Morgan fingerprint density at radius 3 is 2.00 bits per heavy atom. The molecule has 12 heteroatoms. The van der Waals surface area contributed by atoms with E-state index in [0.717, 1.165) is 37.3 Å². The van der Waals surface area contributed by atoms with Crippen LogP contribution in [0, 0.1) is 5.82 Å². The highest BCUT2D eigenvalue weighted by molar-refractivity contribution is 5.97. The molecule has 0 heterocycles. The number of halogens is 1. The summed E-state index contributed by atoms with van der Waals surface area (Å²) >= 11 is 0. The third-order valence-corrected chi connectivity index (χ3v) is 7.16. The zero-order valence-electron chi connectivity index (χ0n) is 29.6. The van der Waals surface area contributed by atoms with E-state index in [4.69, 9.17) is 33.2 Å². The Bertz CT molecular complexity index is 1250. The second-order valence-electron chi connectivity index (χ2n) is 11.2. The highest BCUT2D eigenvalue weighted by Crippen LogP contribution is 2.34. The van der Waals surface area contributed by atoms with E-state index in [-0.39, 0.29) is 23.0 Å². The topological polar surface area (TPSA) is 123 Å². The van der Waals surface area contributed by atoms with E-state index in [2.05, 4.69) is 17.2 Å². The van der Waals surface area contributed by atoms with Gasteiger partial charge >= 0.3 is 0 Å². The third-order valence-electron chi connectivity index (χ3n) is 7.16. The number of ether oxygens (including phenoxy) is 7. The summed E-state index contributed by atoms with van der Waals surface area (Å²) in [5, 5.41) is 5.44. The second-order valence-corrected chi connectivity index (χ2v) is 11.2. The SMILES string of the molecule is C=CCCOCCOCCOCCOCCOCCOc1cccc(C(C)Oc2cc(C(=O)N[C@H](CC)CCC)cc(F)c2NC(C)=O)c1. The Hall–Kier alpha value is -3.55. The van der Waals surface area contributed by atoms with Crippen molar-refractivity contribution in [3.8, 4) is 11.5 Å². The van der Waals surface area contributed by atoms with Crippen LogP contribution in [0.5, 0.6) is 11.5 Å². The van der Waals surface area contributed by atoms with Crippen LogP contribution in [0.25, 0.3) is 0 Å². The molecule has 2 aromatic carbocycles. The number of nitrogens with one attached hydrogen (secondary N) is 2. The lowest BCUT2D eigenvalue weighted by Crippen LogP contribution is -2.34. The van der Waals surface area contributed by atoms with Crippen molar-refractivity contribution in [3.05, 3.63) is 66.0 Å². The average molecular weight is 691 g/mol. The van der Waals surface area contributed by atoms with Crippen LogP contribution in [0.3, 0.4) is 0 Å². The van der Waals surface area contributed by atoms with Crippen LogP contribution in [0.1, 0.15) is 75.4 Å². The fourth-order valence-electron chi connectivity index (χ4n) is 4.58. The van der Waals surface area contributed by atoms with E-state index >= 15 is 4.39 Å². The quantitative estimate of drug-likeness (QED) is 0.0786. The van der Waals surface area contributed by atoms with Crippen LogP contribution >= 0.6 is 0 Å². The smallest absolute Gasteiger partial charge is 0.251 e. The number of amides is 2. The van der Waals surface area contributed by atoms with Crippen molar-refractivity contribution < 1.29 is 47.1 Å². The summed E-state index contributed by atoms with van der Waals surface area (Å²) in [6.07, 6.45) is 4.58. The molecule has 2 amide bonds. The lowest BCUT2D eigenvalue weighted by molar-refractivity contribution is -0.114. The third kappa shape index (κ3) is 17.6. The Morgan fingerprint density at radius 1 is 0.857 bits per heavy atom. The van der Waals surface area contributed by atoms with E-state index in [1.54, 1.807) is 6.92 Å². The van der Waals surface area contributed by atoms with Crippen molar-refractivity contribution in [2.24, 2.45) is 0 Å². The number of rotatable bonds is 28. The molecular weight excluding hydrogens is 635 g/mol. The monoisotopic (exact) mass is 690 g/mol. The molecule has 0 fully saturated rings.